The van der Waals surface area contributed by atoms with E-state index in [9.17, 15) is 0 Å². The van der Waals surface area contributed by atoms with Crippen molar-refractivity contribution < 1.29 is 9.15 Å². The van der Waals surface area contributed by atoms with Gasteiger partial charge in [-0.05, 0) is 25.3 Å². The summed E-state index contributed by atoms with van der Waals surface area (Å²) in [5.41, 5.74) is 1.32. The van der Waals surface area contributed by atoms with Crippen molar-refractivity contribution in [3.8, 4) is 0 Å². The van der Waals surface area contributed by atoms with Crippen LogP contribution in [0.4, 0.5) is 0 Å². The van der Waals surface area contributed by atoms with Crippen LogP contribution in [0.2, 0.25) is 0 Å². The highest BCUT2D eigenvalue weighted by molar-refractivity contribution is 5.17. The highest BCUT2D eigenvalue weighted by Gasteiger charge is 2.24. The lowest BCUT2D eigenvalue weighted by Gasteiger charge is -2.15. The molecule has 1 aromatic heterocycles. The molecule has 2 aliphatic rings. The molecule has 0 amide bonds. The molecule has 1 atom stereocenters. The monoisotopic (exact) mass is 250 g/mol. The standard InChI is InChI=1S/C14H22N2O2/c1-17-13-4-6-16(10-13)9-11-5-7-18-14(11)8-15-12-2-3-12/h5,7,12-13,15H,2-4,6,8-10H2,1H3. The van der Waals surface area contributed by atoms with Crippen molar-refractivity contribution in [2.75, 3.05) is 20.2 Å². The maximum Gasteiger partial charge on any atom is 0.122 e. The van der Waals surface area contributed by atoms with Crippen LogP contribution in [0.15, 0.2) is 16.7 Å². The second-order valence-electron chi connectivity index (χ2n) is 5.41. The number of nitrogens with zero attached hydrogens (tertiary/aromatic N) is 1. The van der Waals surface area contributed by atoms with Crippen molar-refractivity contribution in [1.82, 2.24) is 10.2 Å². The summed E-state index contributed by atoms with van der Waals surface area (Å²) < 4.78 is 11.0. The van der Waals surface area contributed by atoms with E-state index in [1.54, 1.807) is 7.11 Å². The van der Waals surface area contributed by atoms with Crippen LogP contribution in [-0.2, 0) is 17.8 Å². The molecule has 4 nitrogen and oxygen atoms in total. The smallest absolute Gasteiger partial charge is 0.122 e. The molecule has 2 heterocycles. The maximum absolute atomic E-state index is 5.59. The molecule has 1 unspecified atom stereocenters. The minimum Gasteiger partial charge on any atom is -0.468 e. The van der Waals surface area contributed by atoms with Gasteiger partial charge in [-0.25, -0.2) is 0 Å². The van der Waals surface area contributed by atoms with E-state index in [1.165, 1.54) is 18.4 Å². The van der Waals surface area contributed by atoms with Gasteiger partial charge in [-0.1, -0.05) is 0 Å². The fourth-order valence-electron chi connectivity index (χ4n) is 2.56. The molecule has 3 rings (SSSR count). The normalized spacial score (nSPS) is 24.8. The Morgan fingerprint density at radius 3 is 3.06 bits per heavy atom. The van der Waals surface area contributed by atoms with Gasteiger partial charge in [0, 0.05) is 38.3 Å². The Bertz CT molecular complexity index is 387. The lowest BCUT2D eigenvalue weighted by atomic mass is 10.2. The largest absolute Gasteiger partial charge is 0.468 e. The van der Waals surface area contributed by atoms with E-state index in [0.717, 1.165) is 44.4 Å². The Labute approximate surface area is 108 Å². The molecule has 1 aromatic rings. The molecule has 100 valence electrons. The molecule has 4 heteroatoms. The lowest BCUT2D eigenvalue weighted by molar-refractivity contribution is 0.107. The first-order valence-electron chi connectivity index (χ1n) is 6.89. The molecule has 0 aromatic carbocycles. The number of hydrogen-bond donors (Lipinski definition) is 1. The fourth-order valence-corrected chi connectivity index (χ4v) is 2.56. The van der Waals surface area contributed by atoms with Crippen LogP contribution in [0, 0.1) is 0 Å². The fraction of sp³-hybridized carbons (Fsp3) is 0.714. The minimum atomic E-state index is 0.407. The van der Waals surface area contributed by atoms with Gasteiger partial charge < -0.3 is 14.5 Å². The summed E-state index contributed by atoms with van der Waals surface area (Å²) in [5.74, 6) is 1.10. The van der Waals surface area contributed by atoms with E-state index in [0.29, 0.717) is 6.10 Å². The molecular formula is C14H22N2O2. The lowest BCUT2D eigenvalue weighted by Crippen LogP contribution is -2.23. The van der Waals surface area contributed by atoms with Gasteiger partial charge >= 0.3 is 0 Å². The average molecular weight is 250 g/mol. The predicted molar refractivity (Wildman–Crippen MR) is 69.3 cm³/mol. The zero-order chi connectivity index (χ0) is 12.4. The molecule has 0 bridgehead atoms. The van der Waals surface area contributed by atoms with Crippen molar-refractivity contribution in [3.63, 3.8) is 0 Å². The number of nitrogens with one attached hydrogen (secondary N) is 1. The predicted octanol–water partition coefficient (Wildman–Crippen LogP) is 1.75. The molecule has 1 aliphatic heterocycles. The molecule has 2 fully saturated rings. The first-order chi connectivity index (χ1) is 8.85. The zero-order valence-electron chi connectivity index (χ0n) is 11.0. The van der Waals surface area contributed by atoms with E-state index < -0.39 is 0 Å². The van der Waals surface area contributed by atoms with E-state index in [4.69, 9.17) is 9.15 Å². The number of rotatable bonds is 6. The highest BCUT2D eigenvalue weighted by Crippen LogP contribution is 2.22. The third-order valence-corrected chi connectivity index (χ3v) is 3.92. The summed E-state index contributed by atoms with van der Waals surface area (Å²) in [5, 5.41) is 3.51. The molecule has 1 saturated heterocycles. The molecule has 1 saturated carbocycles. The van der Waals surface area contributed by atoms with Crippen LogP contribution < -0.4 is 5.32 Å². The number of likely N-dealkylation sites (tertiary alicyclic amines) is 1. The summed E-state index contributed by atoms with van der Waals surface area (Å²) in [4.78, 5) is 2.44. The molecule has 1 aliphatic carbocycles. The second kappa shape index (κ2) is 5.43. The van der Waals surface area contributed by atoms with Gasteiger partial charge in [0.1, 0.15) is 5.76 Å². The Kier molecular flexibility index (Phi) is 3.68. The topological polar surface area (TPSA) is 37.6 Å². The van der Waals surface area contributed by atoms with Crippen LogP contribution >= 0.6 is 0 Å². The summed E-state index contributed by atoms with van der Waals surface area (Å²) in [6, 6.07) is 2.83. The van der Waals surface area contributed by atoms with Crippen LogP contribution in [0.3, 0.4) is 0 Å². The number of hydrogen-bond acceptors (Lipinski definition) is 4. The van der Waals surface area contributed by atoms with Gasteiger partial charge in [0.15, 0.2) is 0 Å². The van der Waals surface area contributed by atoms with E-state index >= 15 is 0 Å². The summed E-state index contributed by atoms with van der Waals surface area (Å²) in [6.07, 6.45) is 5.99. The first kappa shape index (κ1) is 12.2. The third-order valence-electron chi connectivity index (χ3n) is 3.92. The van der Waals surface area contributed by atoms with Gasteiger partial charge in [0.2, 0.25) is 0 Å². The van der Waals surface area contributed by atoms with Gasteiger partial charge in [0.05, 0.1) is 18.9 Å². The van der Waals surface area contributed by atoms with Crippen LogP contribution in [0.1, 0.15) is 30.6 Å². The Balaban J connectivity index is 1.53. The maximum atomic E-state index is 5.59. The molecular weight excluding hydrogens is 228 g/mol. The number of furan rings is 1. The number of ether oxygens (including phenoxy) is 1. The van der Waals surface area contributed by atoms with Crippen LogP contribution in [-0.4, -0.2) is 37.2 Å². The number of methoxy groups -OCH3 is 1. The van der Waals surface area contributed by atoms with Crippen molar-refractivity contribution in [2.24, 2.45) is 0 Å². The van der Waals surface area contributed by atoms with Crippen molar-refractivity contribution in [3.05, 3.63) is 23.7 Å². The van der Waals surface area contributed by atoms with Crippen molar-refractivity contribution >= 4 is 0 Å². The van der Waals surface area contributed by atoms with E-state index in [-0.39, 0.29) is 0 Å². The van der Waals surface area contributed by atoms with Crippen LogP contribution in [0.25, 0.3) is 0 Å². The SMILES string of the molecule is COC1CCN(Cc2ccoc2CNC2CC2)C1. The van der Waals surface area contributed by atoms with E-state index in [1.807, 2.05) is 6.26 Å². The quantitative estimate of drug-likeness (QED) is 0.834. The third kappa shape index (κ3) is 2.94. The van der Waals surface area contributed by atoms with Crippen molar-refractivity contribution in [1.29, 1.82) is 0 Å². The van der Waals surface area contributed by atoms with Gasteiger partial charge in [-0.3, -0.25) is 4.90 Å². The Morgan fingerprint density at radius 1 is 1.44 bits per heavy atom. The summed E-state index contributed by atoms with van der Waals surface area (Å²) in [7, 11) is 1.80. The Morgan fingerprint density at radius 2 is 2.33 bits per heavy atom. The highest BCUT2D eigenvalue weighted by atomic mass is 16.5. The van der Waals surface area contributed by atoms with Crippen LogP contribution in [0.5, 0.6) is 0 Å². The van der Waals surface area contributed by atoms with E-state index in [2.05, 4.69) is 16.3 Å². The summed E-state index contributed by atoms with van der Waals surface area (Å²) >= 11 is 0. The average Bonchev–Trinajstić information content (AvgIpc) is 2.93. The molecule has 0 spiro atoms. The van der Waals surface area contributed by atoms with Gasteiger partial charge in [-0.2, -0.15) is 0 Å². The zero-order valence-corrected chi connectivity index (χ0v) is 11.0. The van der Waals surface area contributed by atoms with Gasteiger partial charge in [-0.15, -0.1) is 0 Å². The Hall–Kier alpha value is -0.840. The first-order valence-corrected chi connectivity index (χ1v) is 6.89. The summed E-state index contributed by atoms with van der Waals surface area (Å²) in [6.45, 7) is 4.02. The van der Waals surface area contributed by atoms with Crippen molar-refractivity contribution in [2.45, 2.75) is 44.5 Å². The molecule has 1 N–H and O–H groups in total. The second-order valence-corrected chi connectivity index (χ2v) is 5.41. The minimum absolute atomic E-state index is 0.407. The molecule has 18 heavy (non-hydrogen) atoms. The molecule has 0 radical (unpaired) electrons. The van der Waals surface area contributed by atoms with Gasteiger partial charge in [0.25, 0.3) is 0 Å².